The van der Waals surface area contributed by atoms with Crippen LogP contribution in [-0.4, -0.2) is 16.5 Å². The molecule has 0 aliphatic heterocycles. The molecule has 0 radical (unpaired) electrons. The molecule has 0 spiro atoms. The van der Waals surface area contributed by atoms with E-state index in [4.69, 9.17) is 9.97 Å². The van der Waals surface area contributed by atoms with E-state index >= 15 is 0 Å². The third-order valence-corrected chi connectivity index (χ3v) is 4.62. The fourth-order valence-electron chi connectivity index (χ4n) is 2.96. The van der Waals surface area contributed by atoms with Crippen molar-refractivity contribution in [3.8, 4) is 0 Å². The van der Waals surface area contributed by atoms with E-state index in [0.717, 1.165) is 24.6 Å². The standard InChI is InChI=1S/C18H31N3/c1-6-11-19-16-12-15(13(2)3)20-17(21-16)14-7-9-18(4,5)10-8-14/h12-14H,6-11H2,1-5H3,(H,19,20,21). The van der Waals surface area contributed by atoms with Crippen LogP contribution >= 0.6 is 0 Å². The number of aromatic nitrogens is 2. The monoisotopic (exact) mass is 289 g/mol. The molecule has 1 saturated carbocycles. The summed E-state index contributed by atoms with van der Waals surface area (Å²) in [6.07, 6.45) is 6.13. The van der Waals surface area contributed by atoms with E-state index in [0.29, 0.717) is 17.3 Å². The van der Waals surface area contributed by atoms with Gasteiger partial charge < -0.3 is 5.32 Å². The van der Waals surface area contributed by atoms with Crippen LogP contribution in [0.4, 0.5) is 5.82 Å². The van der Waals surface area contributed by atoms with Gasteiger partial charge in [-0.3, -0.25) is 0 Å². The lowest BCUT2D eigenvalue weighted by molar-refractivity contribution is 0.220. The van der Waals surface area contributed by atoms with Crippen LogP contribution in [0.15, 0.2) is 6.07 Å². The SMILES string of the molecule is CCCNc1cc(C(C)C)nc(C2CCC(C)(C)CC2)n1. The number of hydrogen-bond acceptors (Lipinski definition) is 3. The van der Waals surface area contributed by atoms with E-state index in [1.807, 2.05) is 0 Å². The van der Waals surface area contributed by atoms with Crippen molar-refractivity contribution in [2.24, 2.45) is 5.41 Å². The maximum absolute atomic E-state index is 4.86. The Kier molecular flexibility index (Phi) is 5.23. The Morgan fingerprint density at radius 1 is 1.24 bits per heavy atom. The molecule has 1 N–H and O–H groups in total. The molecule has 0 unspecified atom stereocenters. The number of nitrogens with zero attached hydrogens (tertiary/aromatic N) is 2. The van der Waals surface area contributed by atoms with Crippen LogP contribution in [-0.2, 0) is 0 Å². The van der Waals surface area contributed by atoms with Gasteiger partial charge in [0.1, 0.15) is 11.6 Å². The van der Waals surface area contributed by atoms with E-state index in [-0.39, 0.29) is 0 Å². The molecule has 0 aromatic carbocycles. The molecule has 1 aliphatic rings. The van der Waals surface area contributed by atoms with Crippen molar-refractivity contribution in [2.45, 2.75) is 78.6 Å². The maximum atomic E-state index is 4.86. The molecule has 21 heavy (non-hydrogen) atoms. The van der Waals surface area contributed by atoms with Crippen LogP contribution < -0.4 is 5.32 Å². The number of rotatable bonds is 5. The summed E-state index contributed by atoms with van der Waals surface area (Å²) in [5.74, 6) is 3.07. The van der Waals surface area contributed by atoms with Gasteiger partial charge in [-0.1, -0.05) is 34.6 Å². The van der Waals surface area contributed by atoms with E-state index in [1.165, 1.54) is 31.4 Å². The number of hydrogen-bond donors (Lipinski definition) is 1. The Hall–Kier alpha value is -1.12. The second-order valence-corrected chi connectivity index (χ2v) is 7.56. The van der Waals surface area contributed by atoms with Crippen LogP contribution in [0.2, 0.25) is 0 Å². The summed E-state index contributed by atoms with van der Waals surface area (Å²) in [6.45, 7) is 12.3. The summed E-state index contributed by atoms with van der Waals surface area (Å²) in [5.41, 5.74) is 1.67. The fourth-order valence-corrected chi connectivity index (χ4v) is 2.96. The molecule has 118 valence electrons. The minimum Gasteiger partial charge on any atom is -0.370 e. The summed E-state index contributed by atoms with van der Waals surface area (Å²) in [4.78, 5) is 9.66. The van der Waals surface area contributed by atoms with Crippen LogP contribution in [0, 0.1) is 5.41 Å². The molecule has 0 bridgehead atoms. The van der Waals surface area contributed by atoms with Gasteiger partial charge in [0.15, 0.2) is 0 Å². The van der Waals surface area contributed by atoms with E-state index in [1.54, 1.807) is 0 Å². The van der Waals surface area contributed by atoms with Gasteiger partial charge in [0.25, 0.3) is 0 Å². The van der Waals surface area contributed by atoms with Gasteiger partial charge in [-0.25, -0.2) is 9.97 Å². The first kappa shape index (κ1) is 16.3. The molecule has 1 aromatic rings. The van der Waals surface area contributed by atoms with Gasteiger partial charge in [-0.05, 0) is 43.4 Å². The van der Waals surface area contributed by atoms with Gasteiger partial charge in [-0.15, -0.1) is 0 Å². The van der Waals surface area contributed by atoms with Gasteiger partial charge in [0.05, 0.1) is 0 Å². The van der Waals surface area contributed by atoms with Crippen molar-refractivity contribution in [2.75, 3.05) is 11.9 Å². The quantitative estimate of drug-likeness (QED) is 0.819. The zero-order chi connectivity index (χ0) is 15.5. The largest absolute Gasteiger partial charge is 0.370 e. The predicted octanol–water partition coefficient (Wildman–Crippen LogP) is 5.11. The first-order chi connectivity index (χ1) is 9.91. The Bertz CT molecular complexity index is 456. The third-order valence-electron chi connectivity index (χ3n) is 4.62. The average Bonchev–Trinajstić information content (AvgIpc) is 2.44. The second-order valence-electron chi connectivity index (χ2n) is 7.56. The van der Waals surface area contributed by atoms with E-state index in [9.17, 15) is 0 Å². The van der Waals surface area contributed by atoms with Gasteiger partial charge in [0.2, 0.25) is 0 Å². The lowest BCUT2D eigenvalue weighted by atomic mass is 9.73. The highest BCUT2D eigenvalue weighted by atomic mass is 15.0. The number of anilines is 1. The zero-order valence-electron chi connectivity index (χ0n) is 14.4. The lowest BCUT2D eigenvalue weighted by Gasteiger charge is -2.33. The van der Waals surface area contributed by atoms with Crippen LogP contribution in [0.1, 0.15) is 90.1 Å². The Balaban J connectivity index is 2.19. The summed E-state index contributed by atoms with van der Waals surface area (Å²) in [6, 6.07) is 2.12. The Labute approximate surface area is 130 Å². The predicted molar refractivity (Wildman–Crippen MR) is 89.9 cm³/mol. The lowest BCUT2D eigenvalue weighted by Crippen LogP contribution is -2.22. The van der Waals surface area contributed by atoms with Crippen molar-refractivity contribution >= 4 is 5.82 Å². The molecule has 3 heteroatoms. The minimum absolute atomic E-state index is 0.453. The summed E-state index contributed by atoms with van der Waals surface area (Å²) < 4.78 is 0. The molecule has 1 aromatic heterocycles. The topological polar surface area (TPSA) is 37.8 Å². The second kappa shape index (κ2) is 6.76. The van der Waals surface area contributed by atoms with E-state index < -0.39 is 0 Å². The van der Waals surface area contributed by atoms with E-state index in [2.05, 4.69) is 46.0 Å². The molecule has 2 rings (SSSR count). The first-order valence-electron chi connectivity index (χ1n) is 8.54. The average molecular weight is 289 g/mol. The van der Waals surface area contributed by atoms with Gasteiger partial charge in [0, 0.05) is 24.2 Å². The minimum atomic E-state index is 0.453. The zero-order valence-corrected chi connectivity index (χ0v) is 14.4. The molecule has 1 aliphatic carbocycles. The normalized spacial score (nSPS) is 19.0. The van der Waals surface area contributed by atoms with Gasteiger partial charge >= 0.3 is 0 Å². The third kappa shape index (κ3) is 4.42. The first-order valence-corrected chi connectivity index (χ1v) is 8.54. The molecular formula is C18H31N3. The van der Waals surface area contributed by atoms with Crippen molar-refractivity contribution in [1.29, 1.82) is 0 Å². The van der Waals surface area contributed by atoms with Crippen molar-refractivity contribution in [3.05, 3.63) is 17.6 Å². The summed E-state index contributed by atoms with van der Waals surface area (Å²) >= 11 is 0. The maximum Gasteiger partial charge on any atom is 0.134 e. The molecular weight excluding hydrogens is 258 g/mol. The fraction of sp³-hybridized carbons (Fsp3) is 0.778. The highest BCUT2D eigenvalue weighted by Crippen LogP contribution is 2.41. The molecule has 3 nitrogen and oxygen atoms in total. The van der Waals surface area contributed by atoms with Crippen LogP contribution in [0.25, 0.3) is 0 Å². The van der Waals surface area contributed by atoms with Crippen molar-refractivity contribution in [3.63, 3.8) is 0 Å². The highest BCUT2D eigenvalue weighted by molar-refractivity contribution is 5.37. The molecule has 1 heterocycles. The summed E-state index contributed by atoms with van der Waals surface area (Å²) in [7, 11) is 0. The molecule has 1 fully saturated rings. The van der Waals surface area contributed by atoms with Crippen molar-refractivity contribution < 1.29 is 0 Å². The molecule has 0 amide bonds. The molecule has 0 saturated heterocycles. The number of nitrogens with one attached hydrogen (secondary N) is 1. The Morgan fingerprint density at radius 3 is 2.48 bits per heavy atom. The van der Waals surface area contributed by atoms with Crippen LogP contribution in [0.5, 0.6) is 0 Å². The summed E-state index contributed by atoms with van der Waals surface area (Å²) in [5, 5.41) is 3.43. The van der Waals surface area contributed by atoms with Crippen LogP contribution in [0.3, 0.4) is 0 Å². The Morgan fingerprint density at radius 2 is 1.90 bits per heavy atom. The van der Waals surface area contributed by atoms with Gasteiger partial charge in [-0.2, -0.15) is 0 Å². The molecule has 0 atom stereocenters. The smallest absolute Gasteiger partial charge is 0.134 e. The highest BCUT2D eigenvalue weighted by Gasteiger charge is 2.29. The van der Waals surface area contributed by atoms with Crippen molar-refractivity contribution in [1.82, 2.24) is 9.97 Å².